The van der Waals surface area contributed by atoms with Gasteiger partial charge in [-0.05, 0) is 24.3 Å². The molecule has 0 atom stereocenters. The maximum Gasteiger partial charge on any atom is 0.182 e. The lowest BCUT2D eigenvalue weighted by Gasteiger charge is -1.99. The van der Waals surface area contributed by atoms with Crippen LogP contribution in [0.15, 0.2) is 48.8 Å². The van der Waals surface area contributed by atoms with Gasteiger partial charge < -0.3 is 0 Å². The fourth-order valence-corrected chi connectivity index (χ4v) is 2.50. The number of rotatable bonds is 1. The minimum atomic E-state index is -0.322. The molecule has 0 saturated heterocycles. The molecule has 102 valence electrons. The van der Waals surface area contributed by atoms with E-state index in [0.717, 1.165) is 5.39 Å². The summed E-state index contributed by atoms with van der Waals surface area (Å²) in [4.78, 5) is 8.77. The monoisotopic (exact) mass is 298 g/mol. The quantitative estimate of drug-likeness (QED) is 0.538. The van der Waals surface area contributed by atoms with E-state index in [-0.39, 0.29) is 5.82 Å². The predicted molar refractivity (Wildman–Crippen MR) is 78.7 cm³/mol. The van der Waals surface area contributed by atoms with Crippen LogP contribution in [-0.4, -0.2) is 19.6 Å². The van der Waals surface area contributed by atoms with Crippen molar-refractivity contribution in [1.82, 2.24) is 19.6 Å². The first-order valence-corrected chi connectivity index (χ1v) is 6.66. The van der Waals surface area contributed by atoms with Gasteiger partial charge in [-0.15, -0.1) is 5.10 Å². The maximum absolute atomic E-state index is 13.3. The first-order chi connectivity index (χ1) is 10.2. The second-order valence-corrected chi connectivity index (χ2v) is 5.00. The Morgan fingerprint density at radius 1 is 1.10 bits per heavy atom. The summed E-state index contributed by atoms with van der Waals surface area (Å²) in [6.07, 6.45) is 1.55. The third-order valence-corrected chi connectivity index (χ3v) is 3.54. The number of aromatic nitrogens is 4. The minimum Gasteiger partial charge on any atom is -0.235 e. The first kappa shape index (κ1) is 12.2. The van der Waals surface area contributed by atoms with Crippen molar-refractivity contribution in [2.24, 2.45) is 0 Å². The maximum atomic E-state index is 13.3. The van der Waals surface area contributed by atoms with Crippen LogP contribution in [0.3, 0.4) is 0 Å². The van der Waals surface area contributed by atoms with Crippen molar-refractivity contribution in [3.8, 4) is 11.4 Å². The van der Waals surface area contributed by atoms with E-state index in [9.17, 15) is 4.39 Å². The van der Waals surface area contributed by atoms with Crippen molar-refractivity contribution in [3.63, 3.8) is 0 Å². The summed E-state index contributed by atoms with van der Waals surface area (Å²) >= 11 is 6.13. The van der Waals surface area contributed by atoms with Crippen LogP contribution in [-0.2, 0) is 0 Å². The largest absolute Gasteiger partial charge is 0.235 e. The molecule has 2 aromatic heterocycles. The van der Waals surface area contributed by atoms with Crippen LogP contribution in [0.2, 0.25) is 5.02 Å². The van der Waals surface area contributed by atoms with Gasteiger partial charge in [0.2, 0.25) is 0 Å². The molecular weight excluding hydrogens is 291 g/mol. The summed E-state index contributed by atoms with van der Waals surface area (Å²) in [6, 6.07) is 11.7. The van der Waals surface area contributed by atoms with Crippen molar-refractivity contribution in [2.75, 3.05) is 0 Å². The fourth-order valence-electron chi connectivity index (χ4n) is 2.28. The van der Waals surface area contributed by atoms with Gasteiger partial charge in [0.05, 0.1) is 10.5 Å². The Hall–Kier alpha value is -2.53. The Morgan fingerprint density at radius 2 is 1.95 bits per heavy atom. The molecule has 4 nitrogen and oxygen atoms in total. The average Bonchev–Trinajstić information content (AvgIpc) is 2.92. The molecule has 0 radical (unpaired) electrons. The second kappa shape index (κ2) is 4.49. The average molecular weight is 299 g/mol. The van der Waals surface area contributed by atoms with Crippen LogP contribution in [0.4, 0.5) is 4.39 Å². The van der Waals surface area contributed by atoms with Crippen LogP contribution in [0.25, 0.3) is 27.9 Å². The van der Waals surface area contributed by atoms with Gasteiger partial charge in [0, 0.05) is 10.9 Å². The van der Waals surface area contributed by atoms with E-state index in [0.29, 0.717) is 27.6 Å². The summed E-state index contributed by atoms with van der Waals surface area (Å²) < 4.78 is 14.9. The van der Waals surface area contributed by atoms with Crippen LogP contribution in [0.1, 0.15) is 0 Å². The topological polar surface area (TPSA) is 43.1 Å². The van der Waals surface area contributed by atoms with Gasteiger partial charge in [0.25, 0.3) is 0 Å². The number of fused-ring (bicyclic) bond motifs is 3. The zero-order valence-corrected chi connectivity index (χ0v) is 11.4. The van der Waals surface area contributed by atoms with E-state index < -0.39 is 0 Å². The number of halogens is 2. The van der Waals surface area contributed by atoms with Gasteiger partial charge >= 0.3 is 0 Å². The molecule has 4 rings (SSSR count). The molecule has 0 N–H and O–H groups in total. The lowest BCUT2D eigenvalue weighted by molar-refractivity contribution is 0.628. The second-order valence-electron chi connectivity index (χ2n) is 4.59. The van der Waals surface area contributed by atoms with E-state index in [1.807, 2.05) is 12.1 Å². The van der Waals surface area contributed by atoms with Crippen molar-refractivity contribution < 1.29 is 4.39 Å². The molecule has 0 aliphatic carbocycles. The molecule has 4 aromatic rings. The highest BCUT2D eigenvalue weighted by atomic mass is 35.5. The SMILES string of the molecule is Fc1cccc(-c2nc3c4cccc(Cl)c4ncn3n2)c1. The van der Waals surface area contributed by atoms with Crippen LogP contribution < -0.4 is 0 Å². The highest BCUT2D eigenvalue weighted by Gasteiger charge is 2.11. The molecule has 0 aliphatic heterocycles. The molecule has 6 heteroatoms. The molecule has 0 saturated carbocycles. The Labute approximate surface area is 123 Å². The smallest absolute Gasteiger partial charge is 0.182 e. The Morgan fingerprint density at radius 3 is 2.81 bits per heavy atom. The predicted octanol–water partition coefficient (Wildman–Crippen LogP) is 3.74. The van der Waals surface area contributed by atoms with Crippen molar-refractivity contribution in [2.45, 2.75) is 0 Å². The van der Waals surface area contributed by atoms with E-state index in [1.54, 1.807) is 29.0 Å². The van der Waals surface area contributed by atoms with Crippen molar-refractivity contribution in [1.29, 1.82) is 0 Å². The molecule has 0 unspecified atom stereocenters. The fraction of sp³-hybridized carbons (Fsp3) is 0. The minimum absolute atomic E-state index is 0.322. The number of para-hydroxylation sites is 1. The molecule has 2 aromatic carbocycles. The molecule has 0 spiro atoms. The lowest BCUT2D eigenvalue weighted by Crippen LogP contribution is -1.91. The number of nitrogens with zero attached hydrogens (tertiary/aromatic N) is 4. The summed E-state index contributed by atoms with van der Waals surface area (Å²) in [7, 11) is 0. The highest BCUT2D eigenvalue weighted by molar-refractivity contribution is 6.35. The summed E-state index contributed by atoms with van der Waals surface area (Å²) in [6.45, 7) is 0. The molecule has 0 bridgehead atoms. The molecule has 0 amide bonds. The zero-order chi connectivity index (χ0) is 14.4. The van der Waals surface area contributed by atoms with Crippen LogP contribution in [0.5, 0.6) is 0 Å². The van der Waals surface area contributed by atoms with Gasteiger partial charge in [-0.3, -0.25) is 0 Å². The van der Waals surface area contributed by atoms with Gasteiger partial charge in [0.15, 0.2) is 11.5 Å². The molecule has 0 fully saturated rings. The van der Waals surface area contributed by atoms with Crippen molar-refractivity contribution >= 4 is 28.2 Å². The summed E-state index contributed by atoms with van der Waals surface area (Å²) in [5.41, 5.74) is 1.93. The van der Waals surface area contributed by atoms with Gasteiger partial charge in [-0.25, -0.2) is 18.9 Å². The van der Waals surface area contributed by atoms with Crippen LogP contribution >= 0.6 is 11.6 Å². The summed E-state index contributed by atoms with van der Waals surface area (Å²) in [5.74, 6) is 0.126. The molecular formula is C15H8ClFN4. The Kier molecular flexibility index (Phi) is 2.62. The van der Waals surface area contributed by atoms with Gasteiger partial charge in [-0.2, -0.15) is 0 Å². The van der Waals surface area contributed by atoms with Gasteiger partial charge in [0.1, 0.15) is 12.1 Å². The first-order valence-electron chi connectivity index (χ1n) is 6.28. The van der Waals surface area contributed by atoms with E-state index in [4.69, 9.17) is 11.6 Å². The molecule has 0 aliphatic rings. The zero-order valence-electron chi connectivity index (χ0n) is 10.7. The third-order valence-electron chi connectivity index (χ3n) is 3.24. The van der Waals surface area contributed by atoms with Crippen molar-refractivity contribution in [3.05, 3.63) is 59.6 Å². The molecule has 2 heterocycles. The molecule has 21 heavy (non-hydrogen) atoms. The number of hydrogen-bond donors (Lipinski definition) is 0. The van der Waals surface area contributed by atoms with Crippen LogP contribution in [0, 0.1) is 5.82 Å². The van der Waals surface area contributed by atoms with E-state index in [2.05, 4.69) is 15.1 Å². The Bertz CT molecular complexity index is 980. The normalized spacial score (nSPS) is 11.3. The third kappa shape index (κ3) is 1.94. The van der Waals surface area contributed by atoms with Gasteiger partial charge in [-0.1, -0.05) is 29.8 Å². The number of benzene rings is 2. The standard InChI is InChI=1S/C15H8ClFN4/c16-12-6-2-5-11-13(12)18-8-21-15(11)19-14(20-21)9-3-1-4-10(17)7-9/h1-8H. The number of hydrogen-bond acceptors (Lipinski definition) is 3. The summed E-state index contributed by atoms with van der Waals surface area (Å²) in [5, 5.41) is 5.70. The lowest BCUT2D eigenvalue weighted by atomic mass is 10.2. The Balaban J connectivity index is 2.02. The highest BCUT2D eigenvalue weighted by Crippen LogP contribution is 2.25. The van der Waals surface area contributed by atoms with E-state index >= 15 is 0 Å². The van der Waals surface area contributed by atoms with E-state index in [1.165, 1.54) is 12.1 Å².